The predicted molar refractivity (Wildman–Crippen MR) is 92.8 cm³/mol. The van der Waals surface area contributed by atoms with E-state index in [4.69, 9.17) is 4.74 Å². The quantitative estimate of drug-likeness (QED) is 0.852. The number of likely N-dealkylation sites (tertiary alicyclic amines) is 1. The predicted octanol–water partition coefficient (Wildman–Crippen LogP) is 1.94. The number of nitrogens with one attached hydrogen (secondary N) is 1. The molecule has 1 amide bonds. The highest BCUT2D eigenvalue weighted by molar-refractivity contribution is 5.86. The van der Waals surface area contributed by atoms with Crippen LogP contribution in [0.3, 0.4) is 0 Å². The Bertz CT molecular complexity index is 626. The van der Waals surface area contributed by atoms with Gasteiger partial charge in [-0.05, 0) is 58.3 Å². The van der Waals surface area contributed by atoms with E-state index in [9.17, 15) is 14.3 Å². The Balaban J connectivity index is 1.52. The maximum absolute atomic E-state index is 13.2. The highest BCUT2D eigenvalue weighted by atomic mass is 19.1. The topological polar surface area (TPSA) is 61.8 Å². The standard InChI is InChI=1S/C19H27FN2O3/c1-19(9-4-10-22(19)2)18(24)21-12-13-7-8-16(17(13)23)25-15-6-3-5-14(20)11-15/h3,5-6,11,13,16-17,23H,4,7-10,12H2,1-2H3,(H,21,24)/t13-,16-,17-,19+/m1/s1. The fourth-order valence-corrected chi connectivity index (χ4v) is 3.89. The van der Waals surface area contributed by atoms with E-state index < -0.39 is 11.6 Å². The summed E-state index contributed by atoms with van der Waals surface area (Å²) < 4.78 is 19.0. The van der Waals surface area contributed by atoms with Crippen LogP contribution in [0.2, 0.25) is 0 Å². The maximum Gasteiger partial charge on any atom is 0.240 e. The Hall–Kier alpha value is -1.66. The average molecular weight is 350 g/mol. The molecule has 1 saturated carbocycles. The molecule has 1 aliphatic heterocycles. The van der Waals surface area contributed by atoms with Crippen LogP contribution in [0.1, 0.15) is 32.6 Å². The lowest BCUT2D eigenvalue weighted by Crippen LogP contribution is -2.53. The zero-order valence-electron chi connectivity index (χ0n) is 14.9. The van der Waals surface area contributed by atoms with Crippen molar-refractivity contribution in [1.82, 2.24) is 10.2 Å². The van der Waals surface area contributed by atoms with Crippen LogP contribution in [0.4, 0.5) is 4.39 Å². The number of ether oxygens (including phenoxy) is 1. The molecule has 2 aliphatic rings. The number of benzene rings is 1. The Morgan fingerprint density at radius 2 is 2.28 bits per heavy atom. The average Bonchev–Trinajstić information content (AvgIpc) is 3.10. The molecule has 2 N–H and O–H groups in total. The Morgan fingerprint density at radius 3 is 2.96 bits per heavy atom. The van der Waals surface area contributed by atoms with Crippen molar-refractivity contribution in [3.8, 4) is 5.75 Å². The summed E-state index contributed by atoms with van der Waals surface area (Å²) in [6, 6.07) is 5.94. The third-order valence-corrected chi connectivity index (χ3v) is 5.78. The van der Waals surface area contributed by atoms with E-state index in [0.29, 0.717) is 18.7 Å². The van der Waals surface area contributed by atoms with Gasteiger partial charge in [-0.1, -0.05) is 6.07 Å². The van der Waals surface area contributed by atoms with Gasteiger partial charge in [-0.15, -0.1) is 0 Å². The molecule has 1 aliphatic carbocycles. The minimum Gasteiger partial charge on any atom is -0.488 e. The summed E-state index contributed by atoms with van der Waals surface area (Å²) >= 11 is 0. The lowest BCUT2D eigenvalue weighted by molar-refractivity contribution is -0.130. The molecule has 0 bridgehead atoms. The zero-order chi connectivity index (χ0) is 18.0. The second-order valence-corrected chi connectivity index (χ2v) is 7.45. The van der Waals surface area contributed by atoms with E-state index in [1.807, 2.05) is 14.0 Å². The Kier molecular flexibility index (Phi) is 5.29. The van der Waals surface area contributed by atoms with Crippen molar-refractivity contribution >= 4 is 5.91 Å². The van der Waals surface area contributed by atoms with Crippen molar-refractivity contribution in [2.24, 2.45) is 5.92 Å². The van der Waals surface area contributed by atoms with Gasteiger partial charge in [0, 0.05) is 18.5 Å². The van der Waals surface area contributed by atoms with E-state index in [0.717, 1.165) is 25.8 Å². The Labute approximate surface area is 148 Å². The number of hydrogen-bond acceptors (Lipinski definition) is 4. The number of rotatable bonds is 5. The molecule has 5 nitrogen and oxygen atoms in total. The monoisotopic (exact) mass is 350 g/mol. The molecule has 0 radical (unpaired) electrons. The lowest BCUT2D eigenvalue weighted by Gasteiger charge is -2.31. The molecular formula is C19H27FN2O3. The van der Waals surface area contributed by atoms with Gasteiger partial charge in [-0.3, -0.25) is 9.69 Å². The first-order chi connectivity index (χ1) is 11.9. The molecular weight excluding hydrogens is 323 g/mol. The first-order valence-corrected chi connectivity index (χ1v) is 9.00. The minimum absolute atomic E-state index is 0.0224. The van der Waals surface area contributed by atoms with E-state index in [-0.39, 0.29) is 23.7 Å². The first kappa shape index (κ1) is 18.1. The van der Waals surface area contributed by atoms with Gasteiger partial charge in [0.05, 0.1) is 11.6 Å². The molecule has 0 spiro atoms. The molecule has 138 valence electrons. The molecule has 1 saturated heterocycles. The number of halogens is 1. The normalized spacial score (nSPS) is 32.7. The molecule has 25 heavy (non-hydrogen) atoms. The number of amides is 1. The fraction of sp³-hybridized carbons (Fsp3) is 0.632. The highest BCUT2D eigenvalue weighted by Gasteiger charge is 2.42. The summed E-state index contributed by atoms with van der Waals surface area (Å²) in [6.07, 6.45) is 2.30. The van der Waals surface area contributed by atoms with Crippen LogP contribution in [-0.2, 0) is 4.79 Å². The zero-order valence-corrected chi connectivity index (χ0v) is 14.9. The van der Waals surface area contributed by atoms with Crippen LogP contribution in [0.5, 0.6) is 5.75 Å². The van der Waals surface area contributed by atoms with Gasteiger partial charge in [-0.2, -0.15) is 0 Å². The number of nitrogens with zero attached hydrogens (tertiary/aromatic N) is 1. The van der Waals surface area contributed by atoms with Crippen molar-refractivity contribution in [2.45, 2.75) is 50.4 Å². The van der Waals surface area contributed by atoms with Crippen LogP contribution in [0.25, 0.3) is 0 Å². The lowest BCUT2D eigenvalue weighted by atomic mass is 9.97. The summed E-state index contributed by atoms with van der Waals surface area (Å²) in [6.45, 7) is 3.34. The van der Waals surface area contributed by atoms with E-state index in [1.54, 1.807) is 12.1 Å². The molecule has 1 aromatic carbocycles. The summed E-state index contributed by atoms with van der Waals surface area (Å²) in [5.41, 5.74) is -0.457. The van der Waals surface area contributed by atoms with E-state index in [2.05, 4.69) is 10.2 Å². The number of carbonyl (C=O) groups excluding carboxylic acids is 1. The summed E-state index contributed by atoms with van der Waals surface area (Å²) in [4.78, 5) is 14.6. The van der Waals surface area contributed by atoms with Crippen molar-refractivity contribution in [1.29, 1.82) is 0 Å². The number of aliphatic hydroxyl groups excluding tert-OH is 1. The van der Waals surface area contributed by atoms with E-state index >= 15 is 0 Å². The molecule has 0 unspecified atom stereocenters. The minimum atomic E-state index is -0.669. The van der Waals surface area contributed by atoms with Gasteiger partial charge >= 0.3 is 0 Å². The van der Waals surface area contributed by atoms with Crippen LogP contribution in [0.15, 0.2) is 24.3 Å². The summed E-state index contributed by atoms with van der Waals surface area (Å²) in [7, 11) is 1.97. The largest absolute Gasteiger partial charge is 0.488 e. The van der Waals surface area contributed by atoms with Crippen LogP contribution >= 0.6 is 0 Å². The van der Waals surface area contributed by atoms with Crippen molar-refractivity contribution in [3.05, 3.63) is 30.1 Å². The first-order valence-electron chi connectivity index (χ1n) is 9.00. The van der Waals surface area contributed by atoms with Gasteiger partial charge in [0.1, 0.15) is 17.7 Å². The SMILES string of the molecule is CN1CCC[C@@]1(C)C(=O)NC[C@H]1CC[C@@H](Oc2cccc(F)c2)[C@@H]1O. The van der Waals surface area contributed by atoms with Gasteiger partial charge in [0.25, 0.3) is 0 Å². The van der Waals surface area contributed by atoms with Crippen LogP contribution in [-0.4, -0.2) is 53.8 Å². The number of likely N-dealkylation sites (N-methyl/N-ethyl adjacent to an activating group) is 1. The van der Waals surface area contributed by atoms with Crippen molar-refractivity contribution in [2.75, 3.05) is 20.1 Å². The van der Waals surface area contributed by atoms with Crippen LogP contribution < -0.4 is 10.1 Å². The summed E-state index contributed by atoms with van der Waals surface area (Å²) in [5.74, 6) is 0.0450. The number of aliphatic hydroxyl groups is 1. The van der Waals surface area contributed by atoms with Gasteiger partial charge in [0.15, 0.2) is 0 Å². The molecule has 2 fully saturated rings. The highest BCUT2D eigenvalue weighted by Crippen LogP contribution is 2.31. The molecule has 1 heterocycles. The summed E-state index contributed by atoms with van der Waals surface area (Å²) in [5, 5.41) is 13.5. The Morgan fingerprint density at radius 1 is 1.48 bits per heavy atom. The fourth-order valence-electron chi connectivity index (χ4n) is 3.89. The smallest absolute Gasteiger partial charge is 0.240 e. The maximum atomic E-state index is 13.2. The van der Waals surface area contributed by atoms with Crippen LogP contribution in [0, 0.1) is 11.7 Å². The second-order valence-electron chi connectivity index (χ2n) is 7.45. The van der Waals surface area contributed by atoms with Gasteiger partial charge in [-0.25, -0.2) is 4.39 Å². The molecule has 3 rings (SSSR count). The van der Waals surface area contributed by atoms with Crippen molar-refractivity contribution in [3.63, 3.8) is 0 Å². The second kappa shape index (κ2) is 7.30. The number of hydrogen-bond donors (Lipinski definition) is 2. The van der Waals surface area contributed by atoms with Crippen molar-refractivity contribution < 1.29 is 19.0 Å². The molecule has 4 atom stereocenters. The van der Waals surface area contributed by atoms with E-state index in [1.165, 1.54) is 12.1 Å². The third-order valence-electron chi connectivity index (χ3n) is 5.78. The molecule has 0 aromatic heterocycles. The van der Waals surface area contributed by atoms with Gasteiger partial charge < -0.3 is 15.2 Å². The molecule has 6 heteroatoms. The van der Waals surface area contributed by atoms with Gasteiger partial charge in [0.2, 0.25) is 5.91 Å². The molecule has 1 aromatic rings. The third kappa shape index (κ3) is 3.80. The number of carbonyl (C=O) groups is 1.